The number of carbonyl (C=O) groups is 2. The first-order chi connectivity index (χ1) is 12.1. The van der Waals surface area contributed by atoms with Crippen LogP contribution in [0.15, 0.2) is 24.3 Å². The Labute approximate surface area is 160 Å². The average Bonchev–Trinajstić information content (AvgIpc) is 3.13. The van der Waals surface area contributed by atoms with E-state index in [-0.39, 0.29) is 30.4 Å². The van der Waals surface area contributed by atoms with Crippen LogP contribution in [0, 0.1) is 0 Å². The zero-order chi connectivity index (χ0) is 18.1. The third-order valence-electron chi connectivity index (χ3n) is 4.07. The average molecular weight is 387 g/mol. The Morgan fingerprint density at radius 1 is 1.27 bits per heavy atom. The van der Waals surface area contributed by atoms with Gasteiger partial charge in [0.2, 0.25) is 5.91 Å². The lowest BCUT2D eigenvalue weighted by Gasteiger charge is -2.13. The Bertz CT molecular complexity index is 567. The van der Waals surface area contributed by atoms with E-state index < -0.39 is 6.10 Å². The highest BCUT2D eigenvalue weighted by molar-refractivity contribution is 5.85. The summed E-state index contributed by atoms with van der Waals surface area (Å²) in [5.74, 6) is 0.391. The van der Waals surface area contributed by atoms with Crippen LogP contribution in [-0.2, 0) is 25.6 Å². The van der Waals surface area contributed by atoms with E-state index in [9.17, 15) is 9.59 Å². The fraction of sp³-hybridized carbons (Fsp3) is 0.556. The maximum atomic E-state index is 12.1. The van der Waals surface area contributed by atoms with Gasteiger partial charge in [0.25, 0.3) is 0 Å². The van der Waals surface area contributed by atoms with Gasteiger partial charge in [0.1, 0.15) is 11.9 Å². The quantitative estimate of drug-likeness (QED) is 0.493. The summed E-state index contributed by atoms with van der Waals surface area (Å²) in [4.78, 5) is 23.1. The highest BCUT2D eigenvalue weighted by Crippen LogP contribution is 2.19. The zero-order valence-electron chi connectivity index (χ0n) is 14.9. The molecular weight excluding hydrogens is 360 g/mol. The number of amides is 1. The summed E-state index contributed by atoms with van der Waals surface area (Å²) in [6, 6.07) is 7.48. The van der Waals surface area contributed by atoms with Gasteiger partial charge >= 0.3 is 5.97 Å². The molecule has 1 fully saturated rings. The maximum absolute atomic E-state index is 12.1. The molecule has 1 saturated heterocycles. The second kappa shape index (κ2) is 11.7. The van der Waals surface area contributed by atoms with Crippen molar-refractivity contribution in [2.24, 2.45) is 5.73 Å². The van der Waals surface area contributed by atoms with Crippen LogP contribution in [0.2, 0.25) is 0 Å². The first-order valence-electron chi connectivity index (χ1n) is 8.54. The Balaban J connectivity index is 0.00000338. The van der Waals surface area contributed by atoms with E-state index >= 15 is 0 Å². The molecule has 0 aliphatic carbocycles. The fourth-order valence-corrected chi connectivity index (χ4v) is 2.59. The van der Waals surface area contributed by atoms with Crippen LogP contribution in [-0.4, -0.2) is 44.3 Å². The summed E-state index contributed by atoms with van der Waals surface area (Å²) in [6.07, 6.45) is 2.09. The molecule has 26 heavy (non-hydrogen) atoms. The van der Waals surface area contributed by atoms with Crippen LogP contribution in [0.1, 0.15) is 31.2 Å². The Hall–Kier alpha value is -1.83. The van der Waals surface area contributed by atoms with Crippen molar-refractivity contribution in [2.75, 3.05) is 20.3 Å². The predicted molar refractivity (Wildman–Crippen MR) is 99.2 cm³/mol. The van der Waals surface area contributed by atoms with Gasteiger partial charge < -0.3 is 25.3 Å². The molecule has 0 aromatic heterocycles. The second-order valence-electron chi connectivity index (χ2n) is 5.95. The van der Waals surface area contributed by atoms with Crippen molar-refractivity contribution in [2.45, 2.75) is 44.4 Å². The molecule has 2 atom stereocenters. The minimum absolute atomic E-state index is 0. The van der Waals surface area contributed by atoms with Crippen molar-refractivity contribution in [1.29, 1.82) is 0 Å². The lowest BCUT2D eigenvalue weighted by atomic mass is 10.1. The topological polar surface area (TPSA) is 99.9 Å². The van der Waals surface area contributed by atoms with Gasteiger partial charge in [-0.05, 0) is 37.0 Å². The number of carbonyl (C=O) groups excluding carboxylic acids is 2. The number of rotatable bonds is 9. The van der Waals surface area contributed by atoms with Crippen molar-refractivity contribution in [3.63, 3.8) is 0 Å². The molecule has 146 valence electrons. The van der Waals surface area contributed by atoms with E-state index in [2.05, 4.69) is 10.1 Å². The van der Waals surface area contributed by atoms with Gasteiger partial charge in [0, 0.05) is 19.5 Å². The summed E-state index contributed by atoms with van der Waals surface area (Å²) >= 11 is 0. The van der Waals surface area contributed by atoms with Gasteiger partial charge in [0.15, 0.2) is 0 Å². The van der Waals surface area contributed by atoms with Crippen LogP contribution < -0.4 is 15.8 Å². The van der Waals surface area contributed by atoms with E-state index in [0.29, 0.717) is 39.0 Å². The molecule has 0 bridgehead atoms. The normalized spacial score (nSPS) is 18.7. The van der Waals surface area contributed by atoms with E-state index in [1.54, 1.807) is 0 Å². The van der Waals surface area contributed by atoms with Crippen molar-refractivity contribution in [3.05, 3.63) is 29.8 Å². The monoisotopic (exact) mass is 386 g/mol. The molecule has 0 saturated carbocycles. The maximum Gasteiger partial charge on any atom is 0.305 e. The molecule has 1 aliphatic heterocycles. The van der Waals surface area contributed by atoms with Crippen LogP contribution in [0.25, 0.3) is 0 Å². The predicted octanol–water partition coefficient (Wildman–Crippen LogP) is 1.56. The molecule has 2 rings (SSSR count). The Morgan fingerprint density at radius 3 is 2.62 bits per heavy atom. The molecule has 7 nitrogen and oxygen atoms in total. The van der Waals surface area contributed by atoms with Crippen LogP contribution in [0.4, 0.5) is 0 Å². The van der Waals surface area contributed by atoms with Crippen molar-refractivity contribution >= 4 is 24.3 Å². The molecule has 3 N–H and O–H groups in total. The number of ether oxygens (including phenoxy) is 3. The van der Waals surface area contributed by atoms with Gasteiger partial charge in [0.05, 0.1) is 19.8 Å². The molecule has 8 heteroatoms. The van der Waals surface area contributed by atoms with E-state index in [0.717, 1.165) is 17.7 Å². The standard InChI is InChI=1S/C18H26N2O5.ClH/c1-23-17(21)3-2-10-24-14-6-4-13(5-7-14)12-20-18(22)16-9-8-15(11-19)25-16;/h4-7,15-16H,2-3,8-12,19H2,1H3,(H,20,22);1H/t15-,16+;/m1./s1. The second-order valence-corrected chi connectivity index (χ2v) is 5.95. The Kier molecular flexibility index (Phi) is 10.0. The molecule has 0 spiro atoms. The molecule has 1 aliphatic rings. The molecule has 1 heterocycles. The molecule has 0 unspecified atom stereocenters. The molecule has 1 aromatic carbocycles. The highest BCUT2D eigenvalue weighted by atomic mass is 35.5. The largest absolute Gasteiger partial charge is 0.494 e. The van der Waals surface area contributed by atoms with Gasteiger partial charge in [-0.3, -0.25) is 9.59 Å². The van der Waals surface area contributed by atoms with Gasteiger partial charge in [-0.15, -0.1) is 12.4 Å². The minimum Gasteiger partial charge on any atom is -0.494 e. The third-order valence-corrected chi connectivity index (χ3v) is 4.07. The summed E-state index contributed by atoms with van der Waals surface area (Å²) in [7, 11) is 1.37. The lowest BCUT2D eigenvalue weighted by Crippen LogP contribution is -2.35. The SMILES string of the molecule is COC(=O)CCCOc1ccc(CNC(=O)[C@@H]2CC[C@H](CN)O2)cc1.Cl. The van der Waals surface area contributed by atoms with Crippen molar-refractivity contribution in [3.8, 4) is 5.75 Å². The van der Waals surface area contributed by atoms with Crippen LogP contribution in [0.3, 0.4) is 0 Å². The van der Waals surface area contributed by atoms with E-state index in [1.807, 2.05) is 24.3 Å². The van der Waals surface area contributed by atoms with E-state index in [1.165, 1.54) is 7.11 Å². The van der Waals surface area contributed by atoms with Crippen molar-refractivity contribution < 1.29 is 23.8 Å². The summed E-state index contributed by atoms with van der Waals surface area (Å²) in [6.45, 7) is 1.34. The highest BCUT2D eigenvalue weighted by Gasteiger charge is 2.29. The number of methoxy groups -OCH3 is 1. The molecular formula is C18H27ClN2O5. The summed E-state index contributed by atoms with van der Waals surface area (Å²) in [5.41, 5.74) is 6.52. The summed E-state index contributed by atoms with van der Waals surface area (Å²) in [5, 5.41) is 2.88. The third kappa shape index (κ3) is 7.19. The number of esters is 1. The van der Waals surface area contributed by atoms with Crippen LogP contribution >= 0.6 is 12.4 Å². The van der Waals surface area contributed by atoms with Crippen molar-refractivity contribution in [1.82, 2.24) is 5.32 Å². The lowest BCUT2D eigenvalue weighted by molar-refractivity contribution is -0.140. The number of halogens is 1. The van der Waals surface area contributed by atoms with Gasteiger partial charge in [-0.2, -0.15) is 0 Å². The molecule has 0 radical (unpaired) electrons. The van der Waals surface area contributed by atoms with Crippen LogP contribution in [0.5, 0.6) is 5.75 Å². The number of hydrogen-bond acceptors (Lipinski definition) is 6. The van der Waals surface area contributed by atoms with E-state index in [4.69, 9.17) is 15.2 Å². The number of nitrogens with one attached hydrogen (secondary N) is 1. The van der Waals surface area contributed by atoms with Gasteiger partial charge in [-0.25, -0.2) is 0 Å². The summed E-state index contributed by atoms with van der Waals surface area (Å²) < 4.78 is 15.7. The molecule has 1 amide bonds. The Morgan fingerprint density at radius 2 is 2.00 bits per heavy atom. The minimum atomic E-state index is -0.397. The van der Waals surface area contributed by atoms with Gasteiger partial charge in [-0.1, -0.05) is 12.1 Å². The first-order valence-corrected chi connectivity index (χ1v) is 8.54. The zero-order valence-corrected chi connectivity index (χ0v) is 15.8. The number of nitrogens with two attached hydrogens (primary N) is 1. The number of benzene rings is 1. The number of hydrogen-bond donors (Lipinski definition) is 2. The fourth-order valence-electron chi connectivity index (χ4n) is 2.59. The molecule has 1 aromatic rings. The first kappa shape index (κ1) is 22.2. The smallest absolute Gasteiger partial charge is 0.305 e.